The Bertz CT molecular complexity index is 262. The topological polar surface area (TPSA) is 64.3 Å². The van der Waals surface area contributed by atoms with Gasteiger partial charge in [0, 0.05) is 0 Å². The van der Waals surface area contributed by atoms with E-state index in [0.717, 1.165) is 12.8 Å². The van der Waals surface area contributed by atoms with E-state index >= 15 is 0 Å². The quantitative estimate of drug-likeness (QED) is 0.429. The average molecular weight is 300 g/mol. The van der Waals surface area contributed by atoms with Crippen molar-refractivity contribution in [1.82, 2.24) is 5.32 Å². The number of nitrogens with two attached hydrogens (primary N) is 1. The summed E-state index contributed by atoms with van der Waals surface area (Å²) in [4.78, 5) is 11.5. The van der Waals surface area contributed by atoms with Crippen LogP contribution in [0.3, 0.4) is 0 Å². The van der Waals surface area contributed by atoms with Crippen molar-refractivity contribution in [2.75, 3.05) is 0 Å². The van der Waals surface area contributed by atoms with Crippen LogP contribution in [-0.4, -0.2) is 17.9 Å². The molecule has 1 unspecified atom stereocenters. The highest BCUT2D eigenvalue weighted by molar-refractivity contribution is 5.67. The molecule has 126 valence electrons. The molecule has 0 fully saturated rings. The molecule has 21 heavy (non-hydrogen) atoms. The maximum Gasteiger partial charge on any atom is 0.408 e. The Morgan fingerprint density at radius 2 is 1.48 bits per heavy atom. The molecule has 3 N–H and O–H groups in total. The van der Waals surface area contributed by atoms with Crippen molar-refractivity contribution in [2.24, 2.45) is 5.73 Å². The monoisotopic (exact) mass is 300 g/mol. The second kappa shape index (κ2) is 11.8. The Hall–Kier alpha value is -0.770. The van der Waals surface area contributed by atoms with Crippen molar-refractivity contribution >= 4 is 6.09 Å². The van der Waals surface area contributed by atoms with Crippen molar-refractivity contribution in [2.45, 2.75) is 104 Å². The molecule has 0 aliphatic carbocycles. The number of hydrogen-bond acceptors (Lipinski definition) is 3. The van der Waals surface area contributed by atoms with Crippen LogP contribution in [0.1, 0.15) is 91.9 Å². The molecule has 1 atom stereocenters. The number of rotatable bonds is 11. The van der Waals surface area contributed by atoms with E-state index in [0.29, 0.717) is 0 Å². The fourth-order valence-electron chi connectivity index (χ4n) is 2.21. The lowest BCUT2D eigenvalue weighted by atomic mass is 10.1. The second-order valence-corrected chi connectivity index (χ2v) is 6.87. The molecular weight excluding hydrogens is 264 g/mol. The van der Waals surface area contributed by atoms with E-state index in [1.165, 1.54) is 51.4 Å². The number of carbonyl (C=O) groups is 1. The number of unbranched alkanes of at least 4 members (excludes halogenated alkanes) is 8. The lowest BCUT2D eigenvalue weighted by molar-refractivity contribution is 0.0503. The first-order valence-corrected chi connectivity index (χ1v) is 8.60. The molecule has 1 amide bonds. The summed E-state index contributed by atoms with van der Waals surface area (Å²) in [6.45, 7) is 7.78. The van der Waals surface area contributed by atoms with Gasteiger partial charge in [0.2, 0.25) is 0 Å². The molecule has 0 saturated carbocycles. The van der Waals surface area contributed by atoms with Gasteiger partial charge in [-0.15, -0.1) is 0 Å². The highest BCUT2D eigenvalue weighted by Crippen LogP contribution is 2.11. The SMILES string of the molecule is CCCCCCCCCCCC(N)NC(=O)OC(C)(C)C. The van der Waals surface area contributed by atoms with Crippen LogP contribution < -0.4 is 11.1 Å². The maximum atomic E-state index is 11.5. The van der Waals surface area contributed by atoms with E-state index in [4.69, 9.17) is 10.5 Å². The van der Waals surface area contributed by atoms with Gasteiger partial charge >= 0.3 is 6.09 Å². The Kier molecular flexibility index (Phi) is 11.4. The standard InChI is InChI=1S/C17H36N2O2/c1-5-6-7-8-9-10-11-12-13-14-15(18)19-16(20)21-17(2,3)4/h15H,5-14,18H2,1-4H3,(H,19,20). The lowest BCUT2D eigenvalue weighted by Gasteiger charge is -2.21. The van der Waals surface area contributed by atoms with Crippen LogP contribution in [0.15, 0.2) is 0 Å². The van der Waals surface area contributed by atoms with Gasteiger partial charge in [0.1, 0.15) is 5.60 Å². The molecule has 0 aromatic heterocycles. The Morgan fingerprint density at radius 1 is 1.00 bits per heavy atom. The fraction of sp³-hybridized carbons (Fsp3) is 0.941. The number of nitrogens with one attached hydrogen (secondary N) is 1. The molecule has 0 spiro atoms. The minimum absolute atomic E-state index is 0.301. The lowest BCUT2D eigenvalue weighted by Crippen LogP contribution is -2.44. The average Bonchev–Trinajstić information content (AvgIpc) is 2.34. The van der Waals surface area contributed by atoms with Crippen LogP contribution in [-0.2, 0) is 4.74 Å². The summed E-state index contributed by atoms with van der Waals surface area (Å²) >= 11 is 0. The molecule has 0 heterocycles. The van der Waals surface area contributed by atoms with Crippen LogP contribution in [0.25, 0.3) is 0 Å². The third-order valence-electron chi connectivity index (χ3n) is 3.32. The highest BCUT2D eigenvalue weighted by atomic mass is 16.6. The number of ether oxygens (including phenoxy) is 1. The number of hydrogen-bond donors (Lipinski definition) is 2. The van der Waals surface area contributed by atoms with Crippen LogP contribution in [0.4, 0.5) is 4.79 Å². The highest BCUT2D eigenvalue weighted by Gasteiger charge is 2.17. The van der Waals surface area contributed by atoms with Crippen molar-refractivity contribution in [3.8, 4) is 0 Å². The van der Waals surface area contributed by atoms with Crippen LogP contribution in [0.5, 0.6) is 0 Å². The molecule has 0 aromatic rings. The maximum absolute atomic E-state index is 11.5. The summed E-state index contributed by atoms with van der Waals surface area (Å²) in [6, 6.07) is 0. The Labute approximate surface area is 131 Å². The summed E-state index contributed by atoms with van der Waals surface area (Å²) in [7, 11) is 0. The molecule has 0 rings (SSSR count). The number of carbonyl (C=O) groups excluding carboxylic acids is 1. The van der Waals surface area contributed by atoms with E-state index in [9.17, 15) is 4.79 Å². The van der Waals surface area contributed by atoms with E-state index in [-0.39, 0.29) is 6.17 Å². The van der Waals surface area contributed by atoms with Gasteiger partial charge in [-0.25, -0.2) is 4.79 Å². The fourth-order valence-corrected chi connectivity index (χ4v) is 2.21. The molecule has 0 aliphatic heterocycles. The Morgan fingerprint density at radius 3 is 1.95 bits per heavy atom. The molecule has 0 bridgehead atoms. The normalized spacial score (nSPS) is 13.0. The number of amides is 1. The zero-order valence-electron chi connectivity index (χ0n) is 14.5. The van der Waals surface area contributed by atoms with Gasteiger partial charge in [0.15, 0.2) is 0 Å². The molecule has 0 saturated heterocycles. The first kappa shape index (κ1) is 20.2. The number of alkyl carbamates (subject to hydrolysis) is 1. The van der Waals surface area contributed by atoms with Crippen LogP contribution >= 0.6 is 0 Å². The first-order chi connectivity index (χ1) is 9.85. The van der Waals surface area contributed by atoms with Gasteiger partial charge in [-0.1, -0.05) is 64.7 Å². The molecule has 0 aliphatic rings. The van der Waals surface area contributed by atoms with Crippen molar-refractivity contribution < 1.29 is 9.53 Å². The third-order valence-corrected chi connectivity index (χ3v) is 3.32. The largest absolute Gasteiger partial charge is 0.444 e. The van der Waals surface area contributed by atoms with E-state index < -0.39 is 11.7 Å². The van der Waals surface area contributed by atoms with E-state index in [1.54, 1.807) is 0 Å². The summed E-state index contributed by atoms with van der Waals surface area (Å²) in [5.41, 5.74) is 5.41. The summed E-state index contributed by atoms with van der Waals surface area (Å²) in [6.07, 6.45) is 11.7. The van der Waals surface area contributed by atoms with E-state index in [1.807, 2.05) is 20.8 Å². The van der Waals surface area contributed by atoms with Crippen LogP contribution in [0, 0.1) is 0 Å². The molecule has 0 aromatic carbocycles. The molecule has 4 nitrogen and oxygen atoms in total. The van der Waals surface area contributed by atoms with Gasteiger partial charge in [0.25, 0.3) is 0 Å². The van der Waals surface area contributed by atoms with Gasteiger partial charge in [-0.05, 0) is 27.2 Å². The van der Waals surface area contributed by atoms with Gasteiger partial charge in [0.05, 0.1) is 6.17 Å². The van der Waals surface area contributed by atoms with Gasteiger partial charge in [-0.3, -0.25) is 0 Å². The predicted molar refractivity (Wildman–Crippen MR) is 89.2 cm³/mol. The molecule has 4 heteroatoms. The Balaban J connectivity index is 3.41. The van der Waals surface area contributed by atoms with Crippen molar-refractivity contribution in [3.63, 3.8) is 0 Å². The zero-order chi connectivity index (χ0) is 16.1. The summed E-state index contributed by atoms with van der Waals surface area (Å²) < 4.78 is 5.17. The van der Waals surface area contributed by atoms with Crippen molar-refractivity contribution in [1.29, 1.82) is 0 Å². The summed E-state index contributed by atoms with van der Waals surface area (Å²) in [5.74, 6) is 0. The molecular formula is C17H36N2O2. The second-order valence-electron chi connectivity index (χ2n) is 6.87. The predicted octanol–water partition coefficient (Wildman–Crippen LogP) is 4.72. The van der Waals surface area contributed by atoms with Crippen molar-refractivity contribution in [3.05, 3.63) is 0 Å². The summed E-state index contributed by atoms with van der Waals surface area (Å²) in [5, 5.41) is 2.68. The first-order valence-electron chi connectivity index (χ1n) is 8.60. The van der Waals surface area contributed by atoms with Gasteiger partial charge < -0.3 is 15.8 Å². The van der Waals surface area contributed by atoms with E-state index in [2.05, 4.69) is 12.2 Å². The van der Waals surface area contributed by atoms with Gasteiger partial charge in [-0.2, -0.15) is 0 Å². The minimum Gasteiger partial charge on any atom is -0.444 e. The smallest absolute Gasteiger partial charge is 0.408 e. The zero-order valence-corrected chi connectivity index (χ0v) is 14.5. The molecule has 0 radical (unpaired) electrons. The third kappa shape index (κ3) is 15.4. The van der Waals surface area contributed by atoms with Crippen LogP contribution in [0.2, 0.25) is 0 Å². The minimum atomic E-state index is -0.471.